The lowest BCUT2D eigenvalue weighted by Crippen LogP contribution is -1.92. The lowest BCUT2D eigenvalue weighted by Gasteiger charge is -1.89. The van der Waals surface area contributed by atoms with E-state index >= 15 is 0 Å². The molecule has 0 aromatic carbocycles. The Bertz CT molecular complexity index is 193. The molecule has 0 radical (unpaired) electrons. The second-order valence-electron chi connectivity index (χ2n) is 2.02. The van der Waals surface area contributed by atoms with Crippen LogP contribution in [-0.2, 0) is 10.0 Å². The molecule has 0 amide bonds. The summed E-state index contributed by atoms with van der Waals surface area (Å²) in [6, 6.07) is -0.0558. The first-order chi connectivity index (χ1) is 3.92. The van der Waals surface area contributed by atoms with Crippen LogP contribution in [0.15, 0.2) is 9.63 Å². The van der Waals surface area contributed by atoms with Crippen molar-refractivity contribution in [3.05, 3.63) is 0 Å². The summed E-state index contributed by atoms with van der Waals surface area (Å²) in [6.07, 6.45) is 1.01. The first-order valence-corrected chi connectivity index (χ1v) is 4.39. The summed E-state index contributed by atoms with van der Waals surface area (Å²) in [7, 11) is -3.26. The average molecular weight is 150 g/mol. The predicted octanol–water partition coefficient (Wildman–Crippen LogP) is 0.807. The highest BCUT2D eigenvalue weighted by Crippen LogP contribution is 1.91. The van der Waals surface area contributed by atoms with Crippen molar-refractivity contribution < 1.29 is 8.42 Å². The third kappa shape index (κ3) is 7.55. The quantitative estimate of drug-likeness (QED) is 0.547. The molecular weight excluding hydrogens is 140 g/mol. The van der Waals surface area contributed by atoms with E-state index in [1.807, 2.05) is 0 Å². The molecule has 0 aromatic heterocycles. The van der Waals surface area contributed by atoms with Crippen LogP contribution in [0, 0.1) is 0 Å². The van der Waals surface area contributed by atoms with Gasteiger partial charge >= 0.3 is 0 Å². The van der Waals surface area contributed by atoms with Gasteiger partial charge in [0, 0.05) is 0 Å². The van der Waals surface area contributed by atoms with E-state index in [2.05, 4.69) is 9.63 Å². The van der Waals surface area contributed by atoms with Crippen LogP contribution in [0.3, 0.4) is 0 Å². The van der Waals surface area contributed by atoms with Crippen LogP contribution < -0.4 is 0 Å². The van der Waals surface area contributed by atoms with Crippen LogP contribution in [0.2, 0.25) is 0 Å². The topological polar surface area (TPSA) is 58.9 Å². The minimum Gasteiger partial charge on any atom is -0.203 e. The van der Waals surface area contributed by atoms with E-state index in [0.29, 0.717) is 0 Å². The van der Waals surface area contributed by atoms with Crippen LogP contribution in [-0.4, -0.2) is 20.7 Å². The zero-order chi connectivity index (χ0) is 7.49. The molecule has 5 heteroatoms. The first kappa shape index (κ1) is 8.55. The van der Waals surface area contributed by atoms with Gasteiger partial charge in [-0.25, -0.2) is 8.42 Å². The first-order valence-electron chi connectivity index (χ1n) is 2.54. The minimum atomic E-state index is -3.26. The minimum absolute atomic E-state index is 0.0558. The molecule has 9 heavy (non-hydrogen) atoms. The van der Waals surface area contributed by atoms with Gasteiger partial charge in [0.2, 0.25) is 0 Å². The average Bonchev–Trinajstić information content (AvgIpc) is 1.59. The summed E-state index contributed by atoms with van der Waals surface area (Å²) in [5.74, 6) is 0. The van der Waals surface area contributed by atoms with E-state index in [1.54, 1.807) is 13.8 Å². The molecule has 0 saturated heterocycles. The highest BCUT2D eigenvalue weighted by molar-refractivity contribution is 7.89. The maximum absolute atomic E-state index is 10.3. The molecule has 0 aliphatic carbocycles. The largest absolute Gasteiger partial charge is 0.267 e. The second-order valence-corrected chi connectivity index (χ2v) is 3.65. The van der Waals surface area contributed by atoms with Crippen LogP contribution in [0.1, 0.15) is 13.8 Å². The molecule has 0 fully saturated rings. The summed E-state index contributed by atoms with van der Waals surface area (Å²) in [5.41, 5.74) is 0. The molecule has 4 nitrogen and oxygen atoms in total. The number of nitrogens with zero attached hydrogens (tertiary/aromatic N) is 2. The lowest BCUT2D eigenvalue weighted by molar-refractivity contribution is 0.598. The van der Waals surface area contributed by atoms with Crippen LogP contribution in [0.4, 0.5) is 0 Å². The molecule has 0 aliphatic heterocycles. The molecule has 0 saturated carbocycles. The molecule has 0 rings (SSSR count). The Morgan fingerprint density at radius 1 is 1.33 bits per heavy atom. The van der Waals surface area contributed by atoms with E-state index in [4.69, 9.17) is 0 Å². The van der Waals surface area contributed by atoms with Gasteiger partial charge in [-0.1, -0.05) is 4.52 Å². The standard InChI is InChI=1S/C4H10N2O2S/c1-4(2)5-6-9(3,7)8/h4H,1-3H3. The zero-order valence-corrected chi connectivity index (χ0v) is 6.51. The predicted molar refractivity (Wildman–Crippen MR) is 34.8 cm³/mol. The second kappa shape index (κ2) is 2.91. The van der Waals surface area contributed by atoms with Gasteiger partial charge in [-0.05, 0) is 13.8 Å². The maximum Gasteiger partial charge on any atom is 0.267 e. The Balaban J connectivity index is 4.03. The summed E-state index contributed by atoms with van der Waals surface area (Å²) in [5, 5.41) is 3.43. The fourth-order valence-corrected chi connectivity index (χ4v) is 0.540. The Morgan fingerprint density at radius 2 is 1.78 bits per heavy atom. The van der Waals surface area contributed by atoms with Gasteiger partial charge in [-0.15, -0.1) is 0 Å². The molecule has 0 unspecified atom stereocenters. The SMILES string of the molecule is CC(C)N=NS(C)(=O)=O. The molecule has 0 bridgehead atoms. The Kier molecular flexibility index (Phi) is 2.76. The van der Waals surface area contributed by atoms with Gasteiger partial charge in [-0.2, -0.15) is 5.11 Å². The van der Waals surface area contributed by atoms with Gasteiger partial charge in [0.05, 0.1) is 12.3 Å². The van der Waals surface area contributed by atoms with Gasteiger partial charge in [0.25, 0.3) is 10.0 Å². The molecule has 0 spiro atoms. The van der Waals surface area contributed by atoms with E-state index in [9.17, 15) is 8.42 Å². The molecule has 54 valence electrons. The smallest absolute Gasteiger partial charge is 0.203 e. The molecule has 0 atom stereocenters. The van der Waals surface area contributed by atoms with Crippen LogP contribution >= 0.6 is 0 Å². The highest BCUT2D eigenvalue weighted by atomic mass is 32.2. The van der Waals surface area contributed by atoms with E-state index in [-0.39, 0.29) is 6.04 Å². The number of sulfonamides is 1. The monoisotopic (exact) mass is 150 g/mol. The number of rotatable bonds is 2. The van der Waals surface area contributed by atoms with Gasteiger partial charge < -0.3 is 0 Å². The van der Waals surface area contributed by atoms with Gasteiger partial charge in [0.1, 0.15) is 0 Å². The molecule has 0 N–H and O–H groups in total. The van der Waals surface area contributed by atoms with Crippen LogP contribution in [0.25, 0.3) is 0 Å². The Hall–Kier alpha value is -0.450. The summed E-state index contributed by atoms with van der Waals surface area (Å²) in [6.45, 7) is 3.52. The van der Waals surface area contributed by atoms with Crippen molar-refractivity contribution >= 4 is 10.0 Å². The Morgan fingerprint density at radius 3 is 1.89 bits per heavy atom. The van der Waals surface area contributed by atoms with Crippen molar-refractivity contribution in [2.24, 2.45) is 9.63 Å². The zero-order valence-electron chi connectivity index (χ0n) is 5.70. The molecular formula is C4H10N2O2S. The molecule has 0 heterocycles. The van der Waals surface area contributed by atoms with Crippen molar-refractivity contribution in [2.75, 3.05) is 6.26 Å². The third-order valence-electron chi connectivity index (χ3n) is 0.426. The highest BCUT2D eigenvalue weighted by Gasteiger charge is 1.94. The summed E-state index contributed by atoms with van der Waals surface area (Å²) < 4.78 is 23.6. The number of hydrogen-bond acceptors (Lipinski definition) is 3. The van der Waals surface area contributed by atoms with Crippen molar-refractivity contribution in [2.45, 2.75) is 19.9 Å². The fraction of sp³-hybridized carbons (Fsp3) is 1.00. The van der Waals surface area contributed by atoms with Crippen molar-refractivity contribution in [3.63, 3.8) is 0 Å². The molecule has 0 aromatic rings. The van der Waals surface area contributed by atoms with E-state index < -0.39 is 10.0 Å². The normalized spacial score (nSPS) is 13.3. The van der Waals surface area contributed by atoms with E-state index in [1.165, 1.54) is 0 Å². The van der Waals surface area contributed by atoms with Gasteiger partial charge in [-0.3, -0.25) is 0 Å². The summed E-state index contributed by atoms with van der Waals surface area (Å²) >= 11 is 0. The van der Waals surface area contributed by atoms with Crippen molar-refractivity contribution in [1.82, 2.24) is 0 Å². The van der Waals surface area contributed by atoms with Crippen molar-refractivity contribution in [3.8, 4) is 0 Å². The summed E-state index contributed by atoms with van der Waals surface area (Å²) in [4.78, 5) is 0. The lowest BCUT2D eigenvalue weighted by atomic mass is 10.4. The van der Waals surface area contributed by atoms with Gasteiger partial charge in [0.15, 0.2) is 0 Å². The maximum atomic E-state index is 10.3. The van der Waals surface area contributed by atoms with E-state index in [0.717, 1.165) is 6.26 Å². The van der Waals surface area contributed by atoms with Crippen LogP contribution in [0.5, 0.6) is 0 Å². The Labute approximate surface area is 55.0 Å². The number of hydrogen-bond donors (Lipinski definition) is 0. The fourth-order valence-electron chi connectivity index (χ4n) is 0.180. The third-order valence-corrected chi connectivity index (χ3v) is 0.817. The van der Waals surface area contributed by atoms with Crippen molar-refractivity contribution in [1.29, 1.82) is 0 Å². The molecule has 0 aliphatic rings.